The van der Waals surface area contributed by atoms with Crippen molar-refractivity contribution in [2.24, 2.45) is 0 Å². The van der Waals surface area contributed by atoms with Crippen LogP contribution in [0.3, 0.4) is 0 Å². The van der Waals surface area contributed by atoms with Crippen molar-refractivity contribution in [1.29, 1.82) is 0 Å². The van der Waals surface area contributed by atoms with E-state index in [4.69, 9.17) is 18.5 Å². The van der Waals surface area contributed by atoms with Crippen LogP contribution in [-0.2, 0) is 32.7 Å². The zero-order valence-electron chi connectivity index (χ0n) is 51.7. The van der Waals surface area contributed by atoms with Crippen molar-refractivity contribution < 1.29 is 42.1 Å². The fourth-order valence-electron chi connectivity index (χ4n) is 9.79. The molecule has 10 heteroatoms. The number of nitrogens with zero attached hydrogens (tertiary/aromatic N) is 1. The van der Waals surface area contributed by atoms with Crippen molar-refractivity contribution in [3.63, 3.8) is 0 Å². The van der Waals surface area contributed by atoms with Gasteiger partial charge in [0.2, 0.25) is 0 Å². The molecular weight excluding hydrogens is 978 g/mol. The fraction of sp³-hybridized carbons (Fsp3) is 0.881. The van der Waals surface area contributed by atoms with Gasteiger partial charge in [0.1, 0.15) is 19.8 Å². The lowest BCUT2D eigenvalue weighted by atomic mass is 10.0. The molecule has 0 N–H and O–H groups in total. The molecule has 0 amide bonds. The minimum Gasteiger partial charge on any atom is -0.756 e. The number of carbonyl (C=O) groups is 2. The van der Waals surface area contributed by atoms with Crippen molar-refractivity contribution in [3.05, 3.63) is 36.5 Å². The molecule has 0 saturated carbocycles. The molecule has 0 aromatic carbocycles. The highest BCUT2D eigenvalue weighted by atomic mass is 31.2. The highest BCUT2D eigenvalue weighted by molar-refractivity contribution is 7.45. The van der Waals surface area contributed by atoms with Gasteiger partial charge in [0.05, 0.1) is 27.7 Å². The Bertz CT molecular complexity index is 1390. The highest BCUT2D eigenvalue weighted by Gasteiger charge is 2.22. The normalized spacial score (nSPS) is 13.4. The van der Waals surface area contributed by atoms with Gasteiger partial charge in [-0.1, -0.05) is 301 Å². The van der Waals surface area contributed by atoms with Crippen LogP contribution in [-0.4, -0.2) is 70.0 Å². The van der Waals surface area contributed by atoms with Crippen molar-refractivity contribution in [3.8, 4) is 0 Å². The van der Waals surface area contributed by atoms with Crippen LogP contribution in [0.25, 0.3) is 0 Å². The van der Waals surface area contributed by atoms with E-state index in [-0.39, 0.29) is 32.0 Å². The van der Waals surface area contributed by atoms with Crippen LogP contribution >= 0.6 is 7.82 Å². The van der Waals surface area contributed by atoms with Gasteiger partial charge in [-0.05, 0) is 51.4 Å². The summed E-state index contributed by atoms with van der Waals surface area (Å²) in [5.74, 6) is -0.821. The van der Waals surface area contributed by atoms with Crippen LogP contribution in [0, 0.1) is 0 Å². The number of esters is 2. The third-order valence-corrected chi connectivity index (χ3v) is 15.9. The number of ether oxygens (including phenoxy) is 2. The highest BCUT2D eigenvalue weighted by Crippen LogP contribution is 2.38. The largest absolute Gasteiger partial charge is 0.756 e. The van der Waals surface area contributed by atoms with E-state index in [0.29, 0.717) is 17.4 Å². The van der Waals surface area contributed by atoms with E-state index in [2.05, 4.69) is 50.3 Å². The molecule has 0 fully saturated rings. The summed E-state index contributed by atoms with van der Waals surface area (Å²) in [6, 6.07) is 0. The van der Waals surface area contributed by atoms with Gasteiger partial charge in [-0.25, -0.2) is 0 Å². The van der Waals surface area contributed by atoms with Gasteiger partial charge in [0.15, 0.2) is 6.10 Å². The quantitative estimate of drug-likeness (QED) is 0.0195. The molecule has 0 aliphatic heterocycles. The second kappa shape index (κ2) is 58.9. The Kier molecular flexibility index (Phi) is 57.5. The van der Waals surface area contributed by atoms with Crippen LogP contribution in [0.1, 0.15) is 328 Å². The average Bonchev–Trinajstić information content (AvgIpc) is 3.39. The van der Waals surface area contributed by atoms with Gasteiger partial charge < -0.3 is 27.9 Å². The topological polar surface area (TPSA) is 111 Å². The lowest BCUT2D eigenvalue weighted by molar-refractivity contribution is -0.870. The van der Waals surface area contributed by atoms with Crippen molar-refractivity contribution >= 4 is 19.8 Å². The molecule has 0 aromatic rings. The van der Waals surface area contributed by atoms with E-state index in [1.165, 1.54) is 238 Å². The second-order valence-corrected chi connectivity index (χ2v) is 25.3. The Morgan fingerprint density at radius 2 is 0.701 bits per heavy atom. The predicted molar refractivity (Wildman–Crippen MR) is 328 cm³/mol. The number of phosphoric ester groups is 1. The number of unbranched alkanes of at least 4 members (excludes halogenated alkanes) is 42. The molecule has 0 saturated heterocycles. The summed E-state index contributed by atoms with van der Waals surface area (Å²) in [7, 11) is 1.18. The second-order valence-electron chi connectivity index (χ2n) is 23.8. The van der Waals surface area contributed by atoms with Gasteiger partial charge >= 0.3 is 11.9 Å². The van der Waals surface area contributed by atoms with E-state index < -0.39 is 26.5 Å². The maximum absolute atomic E-state index is 12.8. The van der Waals surface area contributed by atoms with Gasteiger partial charge in [-0.15, -0.1) is 0 Å². The standard InChI is InChI=1S/C67H128NO8P/c1-6-8-10-12-14-16-18-20-22-24-26-28-30-32-33-34-36-37-39-41-43-45-47-49-51-53-55-57-59-66(69)73-63-65(64-75-77(71,72)74-62-61-68(3,4)5)76-67(70)60-58-56-54-52-50-48-46-44-42-40-38-35-31-29-27-25-23-21-19-17-15-13-11-9-7-2/h19,21,25,27,31,35,65H,6-18,20,22-24,26,28-30,32-34,36-64H2,1-5H3/b21-19-,27-25-,35-31-. The van der Waals surface area contributed by atoms with Gasteiger partial charge in [-0.3, -0.25) is 14.2 Å². The number of allylic oxidation sites excluding steroid dienone is 6. The fourth-order valence-corrected chi connectivity index (χ4v) is 10.5. The van der Waals surface area contributed by atoms with Gasteiger partial charge in [-0.2, -0.15) is 0 Å². The molecular formula is C67H128NO8P. The number of carbonyl (C=O) groups excluding carboxylic acids is 2. The number of quaternary nitrogens is 1. The molecule has 0 rings (SSSR count). The van der Waals surface area contributed by atoms with E-state index >= 15 is 0 Å². The molecule has 0 bridgehead atoms. The van der Waals surface area contributed by atoms with Crippen LogP contribution in [0.5, 0.6) is 0 Å². The Hall–Kier alpha value is -1.77. The lowest BCUT2D eigenvalue weighted by Crippen LogP contribution is -2.37. The first-order chi connectivity index (χ1) is 37.5. The first-order valence-corrected chi connectivity index (χ1v) is 34.7. The van der Waals surface area contributed by atoms with Gasteiger partial charge in [0, 0.05) is 12.8 Å². The smallest absolute Gasteiger partial charge is 0.306 e. The molecule has 9 nitrogen and oxygen atoms in total. The maximum atomic E-state index is 12.8. The molecule has 0 radical (unpaired) electrons. The molecule has 77 heavy (non-hydrogen) atoms. The SMILES string of the molecule is CCCCCCC/C=C\C/C=C\C/C=C\CCCCCCCCCCCCC(=O)OC(COC(=O)CCCCCCCCCCCCCCCCCCCCCCCCCCCCCC)COP(=O)([O-])OCC[N+](C)(C)C. The molecule has 0 aromatic heterocycles. The van der Waals surface area contributed by atoms with E-state index in [9.17, 15) is 19.0 Å². The van der Waals surface area contributed by atoms with E-state index in [1.807, 2.05) is 21.1 Å². The molecule has 0 spiro atoms. The maximum Gasteiger partial charge on any atom is 0.306 e. The molecule has 454 valence electrons. The average molecular weight is 1110 g/mol. The monoisotopic (exact) mass is 1110 g/mol. The first kappa shape index (κ1) is 75.2. The van der Waals surface area contributed by atoms with Crippen LogP contribution in [0.2, 0.25) is 0 Å². The third kappa shape index (κ3) is 63.3. The minimum atomic E-state index is -4.64. The Morgan fingerprint density at radius 1 is 0.403 bits per heavy atom. The summed E-state index contributed by atoms with van der Waals surface area (Å²) < 4.78 is 34.3. The third-order valence-electron chi connectivity index (χ3n) is 14.9. The van der Waals surface area contributed by atoms with Crippen LogP contribution < -0.4 is 4.89 Å². The summed E-state index contributed by atoms with van der Waals surface area (Å²) in [6.07, 6.45) is 73.6. The predicted octanol–water partition coefficient (Wildman–Crippen LogP) is 20.5. The zero-order chi connectivity index (χ0) is 56.3. The molecule has 2 atom stereocenters. The molecule has 0 aliphatic rings. The van der Waals surface area contributed by atoms with Gasteiger partial charge in [0.25, 0.3) is 7.82 Å². The van der Waals surface area contributed by atoms with Crippen LogP contribution in [0.4, 0.5) is 0 Å². The Labute approximate surface area is 478 Å². The molecule has 2 unspecified atom stereocenters. The number of likely N-dealkylation sites (N-methyl/N-ethyl adjacent to an activating group) is 1. The summed E-state index contributed by atoms with van der Waals surface area (Å²) in [4.78, 5) is 38.0. The number of rotatable bonds is 62. The summed E-state index contributed by atoms with van der Waals surface area (Å²) in [5.41, 5.74) is 0. The lowest BCUT2D eigenvalue weighted by Gasteiger charge is -2.28. The van der Waals surface area contributed by atoms with Crippen molar-refractivity contribution in [2.45, 2.75) is 335 Å². The van der Waals surface area contributed by atoms with Crippen LogP contribution in [0.15, 0.2) is 36.5 Å². The summed E-state index contributed by atoms with van der Waals surface area (Å²) >= 11 is 0. The molecule has 0 heterocycles. The van der Waals surface area contributed by atoms with Crippen molar-refractivity contribution in [1.82, 2.24) is 0 Å². The van der Waals surface area contributed by atoms with E-state index in [1.54, 1.807) is 0 Å². The number of hydrogen-bond donors (Lipinski definition) is 0. The minimum absolute atomic E-state index is 0.0300. The number of phosphoric acid groups is 1. The zero-order valence-corrected chi connectivity index (χ0v) is 52.6. The summed E-state index contributed by atoms with van der Waals surface area (Å²) in [5, 5.41) is 0. The Morgan fingerprint density at radius 3 is 1.04 bits per heavy atom. The molecule has 0 aliphatic carbocycles. The Balaban J connectivity index is 4.05. The summed E-state index contributed by atoms with van der Waals surface area (Å²) in [6.45, 7) is 4.28. The van der Waals surface area contributed by atoms with E-state index in [0.717, 1.165) is 57.8 Å². The first-order valence-electron chi connectivity index (χ1n) is 33.2. The van der Waals surface area contributed by atoms with Crippen molar-refractivity contribution in [2.75, 3.05) is 47.5 Å². The number of hydrogen-bond acceptors (Lipinski definition) is 8.